The second kappa shape index (κ2) is 10.1. The minimum atomic E-state index is 0. The lowest BCUT2D eigenvalue weighted by Crippen LogP contribution is -2.41. The first-order valence-corrected chi connectivity index (χ1v) is 10.7. The summed E-state index contributed by atoms with van der Waals surface area (Å²) in [4.78, 5) is 4.14. The van der Waals surface area contributed by atoms with Gasteiger partial charge in [-0.25, -0.2) is 0 Å². The van der Waals surface area contributed by atoms with Gasteiger partial charge in [-0.2, -0.15) is 0 Å². The molecule has 3 aromatic carbocycles. The third-order valence-electron chi connectivity index (χ3n) is 6.03. The number of aromatic nitrogens is 1. The summed E-state index contributed by atoms with van der Waals surface area (Å²) in [7, 11) is 0. The second-order valence-corrected chi connectivity index (χ2v) is 7.99. The van der Waals surface area contributed by atoms with Crippen molar-refractivity contribution in [2.45, 2.75) is 25.0 Å². The van der Waals surface area contributed by atoms with E-state index in [9.17, 15) is 0 Å². The first-order valence-electron chi connectivity index (χ1n) is 10.7. The molecule has 4 aromatic rings. The number of halogens is 1. The van der Waals surface area contributed by atoms with E-state index in [1.165, 1.54) is 33.0 Å². The Balaban J connectivity index is 0.00000231. The highest BCUT2D eigenvalue weighted by Gasteiger charge is 2.27. The average Bonchev–Trinajstić information content (AvgIpc) is 2.83. The Bertz CT molecular complexity index is 1130. The molecule has 2 atom stereocenters. The molecule has 5 rings (SSSR count). The Morgan fingerprint density at radius 1 is 0.839 bits per heavy atom. The number of hydrogen-bond donors (Lipinski definition) is 1. The van der Waals surface area contributed by atoms with E-state index < -0.39 is 0 Å². The Morgan fingerprint density at radius 3 is 2.55 bits per heavy atom. The number of benzene rings is 3. The van der Waals surface area contributed by atoms with Gasteiger partial charge in [0.25, 0.3) is 0 Å². The van der Waals surface area contributed by atoms with Gasteiger partial charge < -0.3 is 10.1 Å². The van der Waals surface area contributed by atoms with Crippen molar-refractivity contribution < 1.29 is 4.74 Å². The normalized spacial score (nSPS) is 18.5. The fourth-order valence-electron chi connectivity index (χ4n) is 4.41. The molecule has 0 amide bonds. The van der Waals surface area contributed by atoms with E-state index in [1.54, 1.807) is 0 Å². The number of fused-ring (bicyclic) bond motifs is 1. The first kappa shape index (κ1) is 21.5. The average molecular weight is 431 g/mol. The molecular formula is C27H27ClN2O. The van der Waals surface area contributed by atoms with Gasteiger partial charge in [0.05, 0.1) is 12.7 Å². The van der Waals surface area contributed by atoms with Crippen molar-refractivity contribution in [2.75, 3.05) is 13.1 Å². The largest absolute Gasteiger partial charge is 0.372 e. The molecular weight excluding hydrogens is 404 g/mol. The van der Waals surface area contributed by atoms with E-state index in [2.05, 4.69) is 89.2 Å². The number of nitrogens with zero attached hydrogens (tertiary/aromatic N) is 1. The van der Waals surface area contributed by atoms with Gasteiger partial charge in [0.2, 0.25) is 0 Å². The highest BCUT2D eigenvalue weighted by molar-refractivity contribution is 5.85. The molecule has 1 fully saturated rings. The molecule has 1 aliphatic rings. The van der Waals surface area contributed by atoms with Crippen LogP contribution in [0.1, 0.15) is 23.5 Å². The van der Waals surface area contributed by atoms with E-state index in [1.807, 2.05) is 12.4 Å². The smallest absolute Gasteiger partial charge is 0.0772 e. The molecule has 0 radical (unpaired) electrons. The van der Waals surface area contributed by atoms with Crippen molar-refractivity contribution in [3.63, 3.8) is 0 Å². The molecule has 1 aliphatic heterocycles. The lowest BCUT2D eigenvalue weighted by Gasteiger charge is -2.33. The van der Waals surface area contributed by atoms with Crippen molar-refractivity contribution in [3.05, 3.63) is 102 Å². The number of rotatable bonds is 5. The maximum atomic E-state index is 6.46. The van der Waals surface area contributed by atoms with Gasteiger partial charge in [0.15, 0.2) is 0 Å². The summed E-state index contributed by atoms with van der Waals surface area (Å²) in [6.07, 6.45) is 4.95. The number of piperidine rings is 1. The van der Waals surface area contributed by atoms with Crippen molar-refractivity contribution >= 4 is 23.2 Å². The Kier molecular flexibility index (Phi) is 6.98. The number of nitrogens with one attached hydrogen (secondary N) is 1. The lowest BCUT2D eigenvalue weighted by molar-refractivity contribution is 0.0107. The van der Waals surface area contributed by atoms with Crippen LogP contribution in [0.25, 0.3) is 21.9 Å². The SMILES string of the molecule is Cl.c1cc(-c2ccncc2)cc([C@H]2CCNC[C@@H]2OCc2ccc3ccccc3c2)c1. The van der Waals surface area contributed by atoms with Crippen molar-refractivity contribution in [1.29, 1.82) is 0 Å². The minimum Gasteiger partial charge on any atom is -0.372 e. The summed E-state index contributed by atoms with van der Waals surface area (Å²) in [5, 5.41) is 6.05. The van der Waals surface area contributed by atoms with Crippen molar-refractivity contribution in [2.24, 2.45) is 0 Å². The van der Waals surface area contributed by atoms with Gasteiger partial charge in [-0.1, -0.05) is 60.7 Å². The van der Waals surface area contributed by atoms with Crippen molar-refractivity contribution in [3.8, 4) is 11.1 Å². The van der Waals surface area contributed by atoms with Crippen molar-refractivity contribution in [1.82, 2.24) is 10.3 Å². The molecule has 31 heavy (non-hydrogen) atoms. The monoisotopic (exact) mass is 430 g/mol. The quantitative estimate of drug-likeness (QED) is 0.422. The maximum absolute atomic E-state index is 6.46. The standard InChI is InChI=1S/C27H26N2O.ClH/c1-2-5-23-16-20(8-9-21(23)4-1)19-30-27-18-29-15-12-26(27)25-7-3-6-24(17-25)22-10-13-28-14-11-22;/h1-11,13-14,16-17,26-27,29H,12,15,18-19H2;1H/t26-,27+;/m1./s1. The Hall–Kier alpha value is -2.72. The fourth-order valence-corrected chi connectivity index (χ4v) is 4.41. The third kappa shape index (κ3) is 4.96. The van der Waals surface area contributed by atoms with Crippen LogP contribution in [0.4, 0.5) is 0 Å². The molecule has 1 N–H and O–H groups in total. The highest BCUT2D eigenvalue weighted by atomic mass is 35.5. The van der Waals surface area contributed by atoms with Gasteiger partial charge in [-0.05, 0) is 64.2 Å². The van der Waals surface area contributed by atoms with Crippen LogP contribution in [-0.4, -0.2) is 24.2 Å². The van der Waals surface area contributed by atoms with Gasteiger partial charge in [0.1, 0.15) is 0 Å². The number of ether oxygens (including phenoxy) is 1. The Labute approximate surface area is 189 Å². The molecule has 0 unspecified atom stereocenters. The molecule has 4 heteroatoms. The number of pyridine rings is 1. The number of hydrogen-bond acceptors (Lipinski definition) is 3. The van der Waals surface area contributed by atoms with Crippen LogP contribution in [0.5, 0.6) is 0 Å². The highest BCUT2D eigenvalue weighted by Crippen LogP contribution is 2.31. The predicted octanol–water partition coefficient (Wildman–Crippen LogP) is 5.99. The van der Waals surface area contributed by atoms with Crippen LogP contribution in [0.2, 0.25) is 0 Å². The maximum Gasteiger partial charge on any atom is 0.0772 e. The molecule has 0 saturated carbocycles. The van der Waals surface area contributed by atoms with Crippen LogP contribution in [0.3, 0.4) is 0 Å². The van der Waals surface area contributed by atoms with E-state index in [-0.39, 0.29) is 18.5 Å². The molecule has 158 valence electrons. The summed E-state index contributed by atoms with van der Waals surface area (Å²) >= 11 is 0. The zero-order valence-electron chi connectivity index (χ0n) is 17.4. The lowest BCUT2D eigenvalue weighted by atomic mass is 9.86. The van der Waals surface area contributed by atoms with Gasteiger partial charge in [-0.15, -0.1) is 12.4 Å². The van der Waals surface area contributed by atoms with Gasteiger partial charge in [-0.3, -0.25) is 4.98 Å². The molecule has 1 aromatic heterocycles. The summed E-state index contributed by atoms with van der Waals surface area (Å²) in [5.41, 5.74) is 5.02. The van der Waals surface area contributed by atoms with Crippen LogP contribution in [0.15, 0.2) is 91.3 Å². The van der Waals surface area contributed by atoms with E-state index >= 15 is 0 Å². The van der Waals surface area contributed by atoms with Crippen LogP contribution in [-0.2, 0) is 11.3 Å². The van der Waals surface area contributed by atoms with Crippen LogP contribution >= 0.6 is 12.4 Å². The van der Waals surface area contributed by atoms with E-state index in [0.717, 1.165) is 19.5 Å². The first-order chi connectivity index (χ1) is 14.9. The molecule has 1 saturated heterocycles. The third-order valence-corrected chi connectivity index (χ3v) is 6.03. The zero-order chi connectivity index (χ0) is 20.2. The molecule has 2 heterocycles. The van der Waals surface area contributed by atoms with Gasteiger partial charge >= 0.3 is 0 Å². The van der Waals surface area contributed by atoms with Crippen LogP contribution in [0, 0.1) is 0 Å². The minimum absolute atomic E-state index is 0. The molecule has 0 spiro atoms. The summed E-state index contributed by atoms with van der Waals surface area (Å²) in [6, 6.07) is 28.1. The summed E-state index contributed by atoms with van der Waals surface area (Å²) in [6.45, 7) is 2.55. The summed E-state index contributed by atoms with van der Waals surface area (Å²) < 4.78 is 6.46. The predicted molar refractivity (Wildman–Crippen MR) is 130 cm³/mol. The second-order valence-electron chi connectivity index (χ2n) is 7.99. The van der Waals surface area contributed by atoms with Crippen LogP contribution < -0.4 is 5.32 Å². The molecule has 0 bridgehead atoms. The summed E-state index contributed by atoms with van der Waals surface area (Å²) in [5.74, 6) is 0.397. The zero-order valence-corrected chi connectivity index (χ0v) is 18.2. The van der Waals surface area contributed by atoms with Gasteiger partial charge in [0, 0.05) is 24.9 Å². The van der Waals surface area contributed by atoms with E-state index in [4.69, 9.17) is 4.74 Å². The van der Waals surface area contributed by atoms with E-state index in [0.29, 0.717) is 12.5 Å². The molecule has 3 nitrogen and oxygen atoms in total. The fraction of sp³-hybridized carbons (Fsp3) is 0.222. The topological polar surface area (TPSA) is 34.2 Å². The molecule has 0 aliphatic carbocycles. The Morgan fingerprint density at radius 2 is 1.68 bits per heavy atom.